The van der Waals surface area contributed by atoms with Gasteiger partial charge in [0.05, 0.1) is 0 Å². The molecule has 0 aromatic rings. The molecule has 0 aromatic carbocycles. The van der Waals surface area contributed by atoms with Crippen molar-refractivity contribution in [3.8, 4) is 0 Å². The molecule has 0 bridgehead atoms. The summed E-state index contributed by atoms with van der Waals surface area (Å²) in [6, 6.07) is 0. The molecule has 0 aliphatic heterocycles. The van der Waals surface area contributed by atoms with Gasteiger partial charge in [0.15, 0.2) is 6.10 Å². The highest BCUT2D eigenvalue weighted by Gasteiger charge is 2.19. The summed E-state index contributed by atoms with van der Waals surface area (Å²) in [5.41, 5.74) is 0. The molecule has 392 valence electrons. The lowest BCUT2D eigenvalue weighted by Crippen LogP contribution is -2.30. The summed E-state index contributed by atoms with van der Waals surface area (Å²) in [6.07, 6.45) is 62.4. The maximum absolute atomic E-state index is 12.9. The number of unbranched alkanes of at least 4 members (excludes halogenated alkanes) is 45. The molecule has 0 aliphatic rings. The Hall–Kier alpha value is -1.59. The van der Waals surface area contributed by atoms with Crippen molar-refractivity contribution >= 4 is 17.9 Å². The summed E-state index contributed by atoms with van der Waals surface area (Å²) >= 11 is 0. The molecule has 0 fully saturated rings. The fraction of sp³-hybridized carbons (Fsp3) is 0.950. The number of hydrogen-bond donors (Lipinski definition) is 0. The van der Waals surface area contributed by atoms with E-state index in [0.717, 1.165) is 57.8 Å². The number of esters is 3. The standard InChI is InChI=1S/C60H116O6/c1-4-7-10-13-16-19-22-24-26-28-30-32-34-36-39-42-45-48-51-54-60(63)66-57(55-64-58(61)52-49-46-43-40-37-21-18-15-12-9-6-3)56-65-59(62)53-50-47-44-41-38-35-33-31-29-27-25-23-20-17-14-11-8-5-2/h57H,4-56H2,1-3H3/t57-/m1/s1. The van der Waals surface area contributed by atoms with E-state index in [-0.39, 0.29) is 31.1 Å². The van der Waals surface area contributed by atoms with Crippen LogP contribution >= 0.6 is 0 Å². The Bertz CT molecular complexity index is 982. The minimum atomic E-state index is -0.761. The van der Waals surface area contributed by atoms with Gasteiger partial charge in [0.1, 0.15) is 13.2 Å². The van der Waals surface area contributed by atoms with Crippen LogP contribution in [0.5, 0.6) is 0 Å². The molecule has 0 N–H and O–H groups in total. The van der Waals surface area contributed by atoms with E-state index in [4.69, 9.17) is 14.2 Å². The fourth-order valence-corrected chi connectivity index (χ4v) is 9.33. The molecule has 66 heavy (non-hydrogen) atoms. The van der Waals surface area contributed by atoms with Crippen molar-refractivity contribution in [1.29, 1.82) is 0 Å². The van der Waals surface area contributed by atoms with Crippen LogP contribution in [0.3, 0.4) is 0 Å². The Kier molecular flexibility index (Phi) is 54.7. The SMILES string of the molecule is CCCCCCCCCCCCCCCCCCCCCC(=O)O[C@H](COC(=O)CCCCCCCCCCCCC)COC(=O)CCCCCCCCCCCCCCCCCCCC. The number of ether oxygens (including phenoxy) is 3. The summed E-state index contributed by atoms with van der Waals surface area (Å²) in [6.45, 7) is 6.71. The summed E-state index contributed by atoms with van der Waals surface area (Å²) in [7, 11) is 0. The Labute approximate surface area is 412 Å². The number of rotatable bonds is 56. The molecule has 0 spiro atoms. The predicted octanol–water partition coefficient (Wildman–Crippen LogP) is 19.9. The van der Waals surface area contributed by atoms with Gasteiger partial charge in [0.25, 0.3) is 0 Å². The minimum absolute atomic E-state index is 0.0610. The summed E-state index contributed by atoms with van der Waals surface area (Å²) < 4.78 is 16.9. The van der Waals surface area contributed by atoms with Crippen LogP contribution in [0.25, 0.3) is 0 Å². The van der Waals surface area contributed by atoms with Crippen LogP contribution in [-0.4, -0.2) is 37.2 Å². The maximum Gasteiger partial charge on any atom is 0.306 e. The smallest absolute Gasteiger partial charge is 0.306 e. The molecule has 0 heterocycles. The fourth-order valence-electron chi connectivity index (χ4n) is 9.33. The van der Waals surface area contributed by atoms with Crippen LogP contribution < -0.4 is 0 Å². The van der Waals surface area contributed by atoms with Gasteiger partial charge in [-0.1, -0.05) is 310 Å². The van der Waals surface area contributed by atoms with Gasteiger partial charge in [-0.15, -0.1) is 0 Å². The highest BCUT2D eigenvalue weighted by molar-refractivity contribution is 5.71. The van der Waals surface area contributed by atoms with Crippen molar-refractivity contribution in [2.75, 3.05) is 13.2 Å². The van der Waals surface area contributed by atoms with E-state index in [9.17, 15) is 14.4 Å². The van der Waals surface area contributed by atoms with Gasteiger partial charge in [-0.25, -0.2) is 0 Å². The molecule has 0 unspecified atom stereocenters. The topological polar surface area (TPSA) is 78.9 Å². The van der Waals surface area contributed by atoms with E-state index in [0.29, 0.717) is 19.3 Å². The Balaban J connectivity index is 4.23. The molecule has 0 saturated heterocycles. The van der Waals surface area contributed by atoms with Crippen molar-refractivity contribution in [1.82, 2.24) is 0 Å². The average Bonchev–Trinajstić information content (AvgIpc) is 3.31. The van der Waals surface area contributed by atoms with Gasteiger partial charge >= 0.3 is 17.9 Å². The second kappa shape index (κ2) is 56.0. The van der Waals surface area contributed by atoms with Crippen molar-refractivity contribution < 1.29 is 28.6 Å². The Morgan fingerprint density at radius 3 is 0.606 bits per heavy atom. The first kappa shape index (κ1) is 64.4. The second-order valence-corrected chi connectivity index (χ2v) is 20.6. The van der Waals surface area contributed by atoms with Crippen molar-refractivity contribution in [2.45, 2.75) is 354 Å². The number of carbonyl (C=O) groups is 3. The van der Waals surface area contributed by atoms with Crippen LogP contribution in [0.15, 0.2) is 0 Å². The van der Waals surface area contributed by atoms with Gasteiger partial charge < -0.3 is 14.2 Å². The molecule has 0 saturated carbocycles. The lowest BCUT2D eigenvalue weighted by Gasteiger charge is -2.18. The van der Waals surface area contributed by atoms with Gasteiger partial charge in [0, 0.05) is 19.3 Å². The lowest BCUT2D eigenvalue weighted by molar-refractivity contribution is -0.167. The second-order valence-electron chi connectivity index (χ2n) is 20.6. The van der Waals surface area contributed by atoms with Crippen LogP contribution in [-0.2, 0) is 28.6 Å². The van der Waals surface area contributed by atoms with Gasteiger partial charge in [-0.05, 0) is 19.3 Å². The van der Waals surface area contributed by atoms with Crippen molar-refractivity contribution in [2.24, 2.45) is 0 Å². The van der Waals surface area contributed by atoms with E-state index in [1.165, 1.54) is 250 Å². The minimum Gasteiger partial charge on any atom is -0.462 e. The zero-order valence-corrected chi connectivity index (χ0v) is 45.0. The van der Waals surface area contributed by atoms with Gasteiger partial charge in [0.2, 0.25) is 0 Å². The maximum atomic E-state index is 12.9. The summed E-state index contributed by atoms with van der Waals surface area (Å²) in [4.78, 5) is 38.1. The van der Waals surface area contributed by atoms with Crippen molar-refractivity contribution in [3.63, 3.8) is 0 Å². The average molecular weight is 934 g/mol. The zero-order chi connectivity index (χ0) is 47.9. The Morgan fingerprint density at radius 1 is 0.242 bits per heavy atom. The van der Waals surface area contributed by atoms with E-state index in [2.05, 4.69) is 20.8 Å². The van der Waals surface area contributed by atoms with E-state index >= 15 is 0 Å². The summed E-state index contributed by atoms with van der Waals surface area (Å²) in [5.74, 6) is -0.831. The van der Waals surface area contributed by atoms with Crippen LogP contribution in [0, 0.1) is 0 Å². The van der Waals surface area contributed by atoms with Gasteiger partial charge in [-0.2, -0.15) is 0 Å². The zero-order valence-electron chi connectivity index (χ0n) is 45.0. The molecule has 0 aliphatic carbocycles. The van der Waals surface area contributed by atoms with E-state index in [1.807, 2.05) is 0 Å². The third kappa shape index (κ3) is 53.4. The largest absolute Gasteiger partial charge is 0.462 e. The first-order valence-electron chi connectivity index (χ1n) is 30.0. The molecule has 0 amide bonds. The quantitative estimate of drug-likeness (QED) is 0.0343. The highest BCUT2D eigenvalue weighted by atomic mass is 16.6. The molecule has 0 aromatic heterocycles. The van der Waals surface area contributed by atoms with Gasteiger partial charge in [-0.3, -0.25) is 14.4 Å². The molecule has 0 radical (unpaired) electrons. The third-order valence-electron chi connectivity index (χ3n) is 13.9. The molecule has 0 rings (SSSR count). The molecule has 6 heteroatoms. The first-order valence-corrected chi connectivity index (χ1v) is 30.0. The van der Waals surface area contributed by atoms with Crippen LogP contribution in [0.4, 0.5) is 0 Å². The third-order valence-corrected chi connectivity index (χ3v) is 13.9. The number of hydrogen-bond acceptors (Lipinski definition) is 6. The van der Waals surface area contributed by atoms with Crippen molar-refractivity contribution in [3.05, 3.63) is 0 Å². The normalized spacial score (nSPS) is 11.9. The number of carbonyl (C=O) groups excluding carboxylic acids is 3. The first-order chi connectivity index (χ1) is 32.5. The summed E-state index contributed by atoms with van der Waals surface area (Å²) in [5, 5.41) is 0. The highest BCUT2D eigenvalue weighted by Crippen LogP contribution is 2.18. The van der Waals surface area contributed by atoms with E-state index < -0.39 is 6.10 Å². The molecule has 6 nitrogen and oxygen atoms in total. The van der Waals surface area contributed by atoms with Crippen LogP contribution in [0.2, 0.25) is 0 Å². The monoisotopic (exact) mass is 933 g/mol. The molecular formula is C60H116O6. The molecule has 1 atom stereocenters. The molecular weight excluding hydrogens is 817 g/mol. The van der Waals surface area contributed by atoms with E-state index in [1.54, 1.807) is 0 Å². The lowest BCUT2D eigenvalue weighted by atomic mass is 10.0. The van der Waals surface area contributed by atoms with Crippen LogP contribution in [0.1, 0.15) is 348 Å². The predicted molar refractivity (Wildman–Crippen MR) is 284 cm³/mol. The Morgan fingerprint density at radius 2 is 0.409 bits per heavy atom.